The number of hydrazone groups is 1. The van der Waals surface area contributed by atoms with Crippen LogP contribution in [0.3, 0.4) is 0 Å². The molecule has 0 aromatic heterocycles. The van der Waals surface area contributed by atoms with Crippen molar-refractivity contribution in [3.63, 3.8) is 0 Å². The van der Waals surface area contributed by atoms with E-state index >= 15 is 0 Å². The summed E-state index contributed by atoms with van der Waals surface area (Å²) in [6, 6.07) is 3.78. The average molecular weight is 375 g/mol. The zero-order chi connectivity index (χ0) is 19.3. The van der Waals surface area contributed by atoms with Gasteiger partial charge in [-0.1, -0.05) is 0 Å². The van der Waals surface area contributed by atoms with Gasteiger partial charge in [0.25, 0.3) is 5.91 Å². The number of fused-ring (bicyclic) bond motifs is 2. The van der Waals surface area contributed by atoms with E-state index in [1.54, 1.807) is 14.2 Å². The molecule has 0 unspecified atom stereocenters. The Labute approximate surface area is 158 Å². The molecule has 1 amide bonds. The number of nitrogens with one attached hydrogen (secondary N) is 1. The SMILES string of the molecule is CCOC=NNC(=O)C1=NCC2(CCOCC2)c2cc(OC)c(OC)cc21. The summed E-state index contributed by atoms with van der Waals surface area (Å²) in [4.78, 5) is 17.3. The van der Waals surface area contributed by atoms with E-state index in [1.165, 1.54) is 6.40 Å². The summed E-state index contributed by atoms with van der Waals surface area (Å²) in [6.07, 6.45) is 2.89. The van der Waals surface area contributed by atoms with Crippen LogP contribution in [0, 0.1) is 0 Å². The maximum atomic E-state index is 12.6. The van der Waals surface area contributed by atoms with Crippen LogP contribution in [0.5, 0.6) is 11.5 Å². The number of hydrogen-bond acceptors (Lipinski definition) is 7. The summed E-state index contributed by atoms with van der Waals surface area (Å²) in [6.45, 7) is 4.18. The fraction of sp³-hybridized carbons (Fsp3) is 0.526. The first-order valence-corrected chi connectivity index (χ1v) is 8.97. The van der Waals surface area contributed by atoms with Crippen molar-refractivity contribution < 1.29 is 23.7 Å². The van der Waals surface area contributed by atoms with E-state index in [4.69, 9.17) is 18.9 Å². The molecule has 1 saturated heterocycles. The van der Waals surface area contributed by atoms with E-state index in [2.05, 4.69) is 15.5 Å². The zero-order valence-electron chi connectivity index (χ0n) is 15.9. The van der Waals surface area contributed by atoms with Gasteiger partial charge in [0.1, 0.15) is 5.71 Å². The highest BCUT2D eigenvalue weighted by atomic mass is 16.5. The van der Waals surface area contributed by atoms with Gasteiger partial charge in [0.15, 0.2) is 17.9 Å². The molecule has 8 nitrogen and oxygen atoms in total. The number of aliphatic imine (C=N–C) groups is 1. The average Bonchev–Trinajstić information content (AvgIpc) is 2.71. The number of nitrogens with zero attached hydrogens (tertiary/aromatic N) is 2. The van der Waals surface area contributed by atoms with Gasteiger partial charge < -0.3 is 18.9 Å². The fourth-order valence-corrected chi connectivity index (χ4v) is 3.55. The summed E-state index contributed by atoms with van der Waals surface area (Å²) in [7, 11) is 3.18. The molecule has 2 aliphatic rings. The minimum Gasteiger partial charge on any atom is -0.493 e. The number of ether oxygens (including phenoxy) is 4. The van der Waals surface area contributed by atoms with E-state index in [-0.39, 0.29) is 11.3 Å². The van der Waals surface area contributed by atoms with Gasteiger partial charge in [-0.15, -0.1) is 5.10 Å². The van der Waals surface area contributed by atoms with Crippen molar-refractivity contribution in [2.45, 2.75) is 25.2 Å². The Morgan fingerprint density at radius 2 is 2.00 bits per heavy atom. The topological polar surface area (TPSA) is 90.7 Å². The zero-order valence-corrected chi connectivity index (χ0v) is 15.9. The smallest absolute Gasteiger partial charge is 0.290 e. The van der Waals surface area contributed by atoms with Crippen LogP contribution in [0.15, 0.2) is 22.2 Å². The van der Waals surface area contributed by atoms with Crippen molar-refractivity contribution in [3.05, 3.63) is 23.3 Å². The summed E-state index contributed by atoms with van der Waals surface area (Å²) >= 11 is 0. The monoisotopic (exact) mass is 375 g/mol. The molecule has 0 aliphatic carbocycles. The minimum absolute atomic E-state index is 0.161. The van der Waals surface area contributed by atoms with Gasteiger partial charge in [0.2, 0.25) is 0 Å². The Kier molecular flexibility index (Phi) is 5.95. The van der Waals surface area contributed by atoms with Crippen LogP contribution in [-0.4, -0.2) is 58.6 Å². The van der Waals surface area contributed by atoms with Crippen LogP contribution >= 0.6 is 0 Å². The predicted octanol–water partition coefficient (Wildman–Crippen LogP) is 1.65. The second-order valence-electron chi connectivity index (χ2n) is 6.44. The van der Waals surface area contributed by atoms with E-state index in [0.717, 1.165) is 24.0 Å². The lowest BCUT2D eigenvalue weighted by Crippen LogP contribution is -2.43. The standard InChI is InChI=1S/C19H25N3O5/c1-4-26-12-21-22-18(23)17-13-9-15(24-2)16(25-3)10-14(13)19(11-20-17)5-7-27-8-6-19/h9-10,12H,4-8,11H2,1-3H3,(H,22,23). The Hall–Kier alpha value is -2.61. The maximum Gasteiger partial charge on any atom is 0.290 e. The molecule has 0 saturated carbocycles. The number of amides is 1. The molecule has 1 aromatic rings. The Bertz CT molecular complexity index is 754. The second kappa shape index (κ2) is 8.39. The van der Waals surface area contributed by atoms with Gasteiger partial charge in [-0.05, 0) is 37.5 Å². The molecule has 3 rings (SSSR count). The first kappa shape index (κ1) is 19.2. The van der Waals surface area contributed by atoms with E-state index in [9.17, 15) is 4.79 Å². The van der Waals surface area contributed by atoms with Crippen molar-refractivity contribution >= 4 is 18.0 Å². The highest BCUT2D eigenvalue weighted by Gasteiger charge is 2.41. The Morgan fingerprint density at radius 1 is 1.30 bits per heavy atom. The number of rotatable bonds is 6. The molecule has 1 N–H and O–H groups in total. The van der Waals surface area contributed by atoms with Gasteiger partial charge >= 0.3 is 0 Å². The van der Waals surface area contributed by atoms with Crippen LogP contribution in [0.2, 0.25) is 0 Å². The third kappa shape index (κ3) is 3.75. The summed E-state index contributed by atoms with van der Waals surface area (Å²) in [5, 5.41) is 3.79. The van der Waals surface area contributed by atoms with Crippen molar-refractivity contribution in [2.24, 2.45) is 10.1 Å². The maximum absolute atomic E-state index is 12.6. The van der Waals surface area contributed by atoms with E-state index in [1.807, 2.05) is 19.1 Å². The van der Waals surface area contributed by atoms with Crippen molar-refractivity contribution in [1.82, 2.24) is 5.43 Å². The Morgan fingerprint density at radius 3 is 2.67 bits per heavy atom. The van der Waals surface area contributed by atoms with Gasteiger partial charge in [-0.2, -0.15) is 0 Å². The summed E-state index contributed by atoms with van der Waals surface area (Å²) in [5.41, 5.74) is 4.41. The summed E-state index contributed by atoms with van der Waals surface area (Å²) in [5.74, 6) is 0.804. The Balaban J connectivity index is 2.00. The van der Waals surface area contributed by atoms with Gasteiger partial charge in [-0.3, -0.25) is 9.79 Å². The minimum atomic E-state index is -0.388. The fourth-order valence-electron chi connectivity index (χ4n) is 3.55. The number of benzene rings is 1. The molecule has 2 aliphatic heterocycles. The quantitative estimate of drug-likeness (QED) is 0.464. The molecule has 1 fully saturated rings. The predicted molar refractivity (Wildman–Crippen MR) is 101 cm³/mol. The molecule has 8 heteroatoms. The molecular formula is C19H25N3O5. The van der Waals surface area contributed by atoms with Crippen LogP contribution in [0.1, 0.15) is 30.9 Å². The van der Waals surface area contributed by atoms with Crippen LogP contribution in [0.4, 0.5) is 0 Å². The van der Waals surface area contributed by atoms with Gasteiger partial charge in [-0.25, -0.2) is 5.43 Å². The number of carbonyl (C=O) groups is 1. The normalized spacial score (nSPS) is 18.0. The highest BCUT2D eigenvalue weighted by molar-refractivity contribution is 6.46. The highest BCUT2D eigenvalue weighted by Crippen LogP contribution is 2.44. The molecule has 146 valence electrons. The molecule has 2 heterocycles. The van der Waals surface area contributed by atoms with Gasteiger partial charge in [0.05, 0.1) is 20.8 Å². The number of carbonyl (C=O) groups excluding carboxylic acids is 1. The van der Waals surface area contributed by atoms with Crippen molar-refractivity contribution in [3.8, 4) is 11.5 Å². The second-order valence-corrected chi connectivity index (χ2v) is 6.44. The van der Waals surface area contributed by atoms with Crippen LogP contribution in [0.25, 0.3) is 0 Å². The largest absolute Gasteiger partial charge is 0.493 e. The third-order valence-electron chi connectivity index (χ3n) is 5.02. The molecule has 1 spiro atoms. The van der Waals surface area contributed by atoms with E-state index in [0.29, 0.717) is 43.6 Å². The first-order valence-electron chi connectivity index (χ1n) is 8.97. The molecule has 0 atom stereocenters. The van der Waals surface area contributed by atoms with Crippen molar-refractivity contribution in [2.75, 3.05) is 40.6 Å². The van der Waals surface area contributed by atoms with Gasteiger partial charge in [0, 0.05) is 30.7 Å². The third-order valence-corrected chi connectivity index (χ3v) is 5.02. The summed E-state index contributed by atoms with van der Waals surface area (Å²) < 4.78 is 21.5. The molecule has 27 heavy (non-hydrogen) atoms. The van der Waals surface area contributed by atoms with Crippen LogP contribution in [-0.2, 0) is 19.7 Å². The molecule has 0 bridgehead atoms. The molecular weight excluding hydrogens is 350 g/mol. The first-order chi connectivity index (χ1) is 13.1. The number of hydrogen-bond donors (Lipinski definition) is 1. The lowest BCUT2D eigenvalue weighted by atomic mass is 9.70. The number of methoxy groups -OCH3 is 2. The van der Waals surface area contributed by atoms with Crippen molar-refractivity contribution in [1.29, 1.82) is 0 Å². The molecule has 1 aromatic carbocycles. The van der Waals surface area contributed by atoms with E-state index < -0.39 is 0 Å². The lowest BCUT2D eigenvalue weighted by molar-refractivity contribution is -0.114. The lowest BCUT2D eigenvalue weighted by Gasteiger charge is -2.40. The van der Waals surface area contributed by atoms with Crippen LogP contribution < -0.4 is 14.9 Å². The molecule has 0 radical (unpaired) electrons.